The largest absolute Gasteiger partial charge is 0.382 e. The van der Waals surface area contributed by atoms with Crippen LogP contribution in [0.1, 0.15) is 12.6 Å². The van der Waals surface area contributed by atoms with Gasteiger partial charge in [-0.15, -0.1) is 5.10 Å². The predicted octanol–water partition coefficient (Wildman–Crippen LogP) is 2.28. The lowest BCUT2D eigenvalue weighted by Crippen LogP contribution is -2.00. The van der Waals surface area contributed by atoms with Gasteiger partial charge in [0.1, 0.15) is 11.6 Å². The standard InChI is InChI=1S/C12H13FN4/c1-2-3-9(13)4-5-10-8-15-12-7-6-11(14)16-17(10)12/h2-4,6-8H,5H2,1H3,(H2,14,16)/b3-2-,9-4+. The third-order valence-corrected chi connectivity index (χ3v) is 2.29. The topological polar surface area (TPSA) is 56.2 Å². The van der Waals surface area contributed by atoms with Crippen molar-refractivity contribution in [2.45, 2.75) is 13.3 Å². The fourth-order valence-electron chi connectivity index (χ4n) is 1.50. The summed E-state index contributed by atoms with van der Waals surface area (Å²) in [7, 11) is 0. The normalized spacial score (nSPS) is 12.7. The highest BCUT2D eigenvalue weighted by Gasteiger charge is 2.03. The number of rotatable bonds is 3. The molecule has 0 aliphatic carbocycles. The van der Waals surface area contributed by atoms with E-state index in [1.807, 2.05) is 0 Å². The summed E-state index contributed by atoms with van der Waals surface area (Å²) in [6.45, 7) is 1.77. The zero-order chi connectivity index (χ0) is 12.3. The van der Waals surface area contributed by atoms with Crippen LogP contribution in [0.2, 0.25) is 0 Å². The second-order valence-electron chi connectivity index (χ2n) is 3.57. The van der Waals surface area contributed by atoms with E-state index in [0.29, 0.717) is 17.9 Å². The molecule has 2 N–H and O–H groups in total. The van der Waals surface area contributed by atoms with Gasteiger partial charge in [0.25, 0.3) is 0 Å². The summed E-state index contributed by atoms with van der Waals surface area (Å²) in [4.78, 5) is 4.16. The molecule has 4 nitrogen and oxygen atoms in total. The number of hydrogen-bond donors (Lipinski definition) is 1. The molecule has 0 amide bonds. The lowest BCUT2D eigenvalue weighted by Gasteiger charge is -1.98. The number of halogens is 1. The van der Waals surface area contributed by atoms with Crippen LogP contribution in [0, 0.1) is 0 Å². The predicted molar refractivity (Wildman–Crippen MR) is 65.1 cm³/mol. The van der Waals surface area contributed by atoms with Gasteiger partial charge in [-0.2, -0.15) is 0 Å². The Morgan fingerprint density at radius 3 is 3.12 bits per heavy atom. The first kappa shape index (κ1) is 11.3. The summed E-state index contributed by atoms with van der Waals surface area (Å²) >= 11 is 0. The first-order valence-corrected chi connectivity index (χ1v) is 5.28. The molecule has 5 heteroatoms. The van der Waals surface area contributed by atoms with Gasteiger partial charge < -0.3 is 5.73 Å². The molecule has 0 aliphatic rings. The zero-order valence-corrected chi connectivity index (χ0v) is 9.47. The van der Waals surface area contributed by atoms with Crippen molar-refractivity contribution in [3.63, 3.8) is 0 Å². The maximum absolute atomic E-state index is 13.2. The molecule has 0 saturated heterocycles. The molecule has 0 saturated carbocycles. The number of anilines is 1. The molecule has 2 heterocycles. The third kappa shape index (κ3) is 2.50. The van der Waals surface area contributed by atoms with Crippen molar-refractivity contribution in [2.75, 3.05) is 5.73 Å². The first-order chi connectivity index (χ1) is 8.20. The average molecular weight is 232 g/mol. The van der Waals surface area contributed by atoms with Crippen molar-refractivity contribution in [2.24, 2.45) is 0 Å². The monoisotopic (exact) mass is 232 g/mol. The molecule has 0 spiro atoms. The number of allylic oxidation sites excluding steroid dienone is 4. The third-order valence-electron chi connectivity index (χ3n) is 2.29. The lowest BCUT2D eigenvalue weighted by atomic mass is 10.3. The number of fused-ring (bicyclic) bond motifs is 1. The van der Waals surface area contributed by atoms with E-state index in [2.05, 4.69) is 10.1 Å². The van der Waals surface area contributed by atoms with Crippen LogP contribution in [0.4, 0.5) is 10.2 Å². The van der Waals surface area contributed by atoms with Crippen molar-refractivity contribution in [3.05, 3.63) is 48.1 Å². The lowest BCUT2D eigenvalue weighted by molar-refractivity contribution is 0.660. The summed E-state index contributed by atoms with van der Waals surface area (Å²) < 4.78 is 14.8. The second kappa shape index (κ2) is 4.78. The Bertz CT molecular complexity index is 583. The second-order valence-corrected chi connectivity index (χ2v) is 3.57. The van der Waals surface area contributed by atoms with Crippen LogP contribution in [0.15, 0.2) is 42.4 Å². The molecule has 17 heavy (non-hydrogen) atoms. The number of aromatic nitrogens is 3. The highest BCUT2D eigenvalue weighted by atomic mass is 19.1. The summed E-state index contributed by atoms with van der Waals surface area (Å²) in [6, 6.07) is 3.46. The van der Waals surface area contributed by atoms with E-state index in [0.717, 1.165) is 5.69 Å². The molecular formula is C12H13FN4. The zero-order valence-electron chi connectivity index (χ0n) is 9.47. The van der Waals surface area contributed by atoms with Crippen molar-refractivity contribution in [1.29, 1.82) is 0 Å². The Morgan fingerprint density at radius 2 is 2.35 bits per heavy atom. The van der Waals surface area contributed by atoms with E-state index in [9.17, 15) is 4.39 Å². The van der Waals surface area contributed by atoms with Crippen LogP contribution in [0.5, 0.6) is 0 Å². The Kier molecular flexibility index (Phi) is 3.18. The molecule has 0 aliphatic heterocycles. The van der Waals surface area contributed by atoms with E-state index < -0.39 is 0 Å². The summed E-state index contributed by atoms with van der Waals surface area (Å²) in [6.07, 6.45) is 6.63. The minimum absolute atomic E-state index is 0.272. The SMILES string of the molecule is C/C=C\C(F)=C/Cc1cnc2ccc(N)nn12. The smallest absolute Gasteiger partial charge is 0.153 e. The molecule has 2 aromatic heterocycles. The van der Waals surface area contributed by atoms with Gasteiger partial charge in [-0.05, 0) is 31.2 Å². The van der Waals surface area contributed by atoms with Crippen LogP contribution in [0.25, 0.3) is 5.65 Å². The van der Waals surface area contributed by atoms with Gasteiger partial charge in [-0.25, -0.2) is 13.9 Å². The van der Waals surface area contributed by atoms with Gasteiger partial charge in [0, 0.05) is 6.42 Å². The summed E-state index contributed by atoms with van der Waals surface area (Å²) in [5.41, 5.74) is 7.10. The van der Waals surface area contributed by atoms with E-state index in [4.69, 9.17) is 5.73 Å². The van der Waals surface area contributed by atoms with Gasteiger partial charge in [-0.1, -0.05) is 6.08 Å². The fraction of sp³-hybridized carbons (Fsp3) is 0.167. The molecule has 0 fully saturated rings. The molecule has 88 valence electrons. The average Bonchev–Trinajstić information content (AvgIpc) is 2.69. The number of hydrogen-bond acceptors (Lipinski definition) is 3. The number of nitrogens with two attached hydrogens (primary N) is 1. The Labute approximate surface area is 98.3 Å². The van der Waals surface area contributed by atoms with Crippen molar-refractivity contribution < 1.29 is 4.39 Å². The maximum atomic E-state index is 13.2. The van der Waals surface area contributed by atoms with Crippen molar-refractivity contribution in [3.8, 4) is 0 Å². The highest BCUT2D eigenvalue weighted by molar-refractivity contribution is 5.43. The minimum Gasteiger partial charge on any atom is -0.382 e. The molecule has 0 atom stereocenters. The Hall–Kier alpha value is -2.17. The van der Waals surface area contributed by atoms with Gasteiger partial charge in [-0.3, -0.25) is 0 Å². The van der Waals surface area contributed by atoms with Crippen LogP contribution >= 0.6 is 0 Å². The highest BCUT2D eigenvalue weighted by Crippen LogP contribution is 2.09. The van der Waals surface area contributed by atoms with E-state index >= 15 is 0 Å². The molecule has 0 unspecified atom stereocenters. The minimum atomic E-state index is -0.272. The van der Waals surface area contributed by atoms with Crippen molar-refractivity contribution in [1.82, 2.24) is 14.6 Å². The van der Waals surface area contributed by atoms with Crippen molar-refractivity contribution >= 4 is 11.5 Å². The number of nitrogens with zero attached hydrogens (tertiary/aromatic N) is 3. The fourth-order valence-corrected chi connectivity index (χ4v) is 1.50. The van der Waals surface area contributed by atoms with Crippen LogP contribution in [0.3, 0.4) is 0 Å². The molecule has 2 rings (SSSR count). The molecule has 0 bridgehead atoms. The van der Waals surface area contributed by atoms with Gasteiger partial charge in [0.2, 0.25) is 0 Å². The van der Waals surface area contributed by atoms with Gasteiger partial charge in [0.05, 0.1) is 11.9 Å². The molecule has 2 aromatic rings. The quantitative estimate of drug-likeness (QED) is 0.826. The molecular weight excluding hydrogens is 219 g/mol. The van der Waals surface area contributed by atoms with Gasteiger partial charge >= 0.3 is 0 Å². The Morgan fingerprint density at radius 1 is 1.53 bits per heavy atom. The van der Waals surface area contributed by atoms with Crippen LogP contribution in [-0.4, -0.2) is 14.6 Å². The van der Waals surface area contributed by atoms with E-state index in [1.54, 1.807) is 35.8 Å². The van der Waals surface area contributed by atoms with Crippen LogP contribution < -0.4 is 5.73 Å². The van der Waals surface area contributed by atoms with E-state index in [1.165, 1.54) is 12.2 Å². The summed E-state index contributed by atoms with van der Waals surface area (Å²) in [5.74, 6) is 0.140. The first-order valence-electron chi connectivity index (χ1n) is 5.28. The van der Waals surface area contributed by atoms with Gasteiger partial charge in [0.15, 0.2) is 5.65 Å². The maximum Gasteiger partial charge on any atom is 0.153 e. The van der Waals surface area contributed by atoms with Crippen LogP contribution in [-0.2, 0) is 6.42 Å². The number of nitrogen functional groups attached to an aromatic ring is 1. The number of imidazole rings is 1. The van der Waals surface area contributed by atoms with E-state index in [-0.39, 0.29) is 5.83 Å². The molecule has 0 aromatic carbocycles. The summed E-state index contributed by atoms with van der Waals surface area (Å²) in [5, 5.41) is 4.12. The Balaban J connectivity index is 2.30. The molecule has 0 radical (unpaired) electrons.